The SMILES string of the molecule is Cc1nn(C)c(CC(CO)Cc2ccc(Cl)cc2)c1Br. The van der Waals surface area contributed by atoms with Crippen molar-refractivity contribution in [2.75, 3.05) is 6.61 Å². The second-order valence-corrected chi connectivity index (χ2v) is 6.28. The van der Waals surface area contributed by atoms with E-state index in [1.807, 2.05) is 42.9 Å². The zero-order chi connectivity index (χ0) is 14.7. The first-order chi connectivity index (χ1) is 9.51. The van der Waals surface area contributed by atoms with Crippen LogP contribution in [0.25, 0.3) is 0 Å². The van der Waals surface area contributed by atoms with Crippen molar-refractivity contribution < 1.29 is 5.11 Å². The minimum Gasteiger partial charge on any atom is -0.396 e. The number of aliphatic hydroxyl groups is 1. The van der Waals surface area contributed by atoms with Crippen LogP contribution < -0.4 is 0 Å². The lowest BCUT2D eigenvalue weighted by Crippen LogP contribution is -2.15. The quantitative estimate of drug-likeness (QED) is 0.889. The third-order valence-corrected chi connectivity index (χ3v) is 4.72. The first-order valence-corrected chi connectivity index (χ1v) is 7.71. The fourth-order valence-electron chi connectivity index (χ4n) is 2.33. The molecule has 1 aromatic carbocycles. The van der Waals surface area contributed by atoms with Crippen molar-refractivity contribution in [3.63, 3.8) is 0 Å². The average molecular weight is 358 g/mol. The maximum Gasteiger partial charge on any atom is 0.0738 e. The molecule has 20 heavy (non-hydrogen) atoms. The van der Waals surface area contributed by atoms with Crippen molar-refractivity contribution in [1.82, 2.24) is 9.78 Å². The van der Waals surface area contributed by atoms with Crippen LogP contribution in [-0.4, -0.2) is 21.5 Å². The van der Waals surface area contributed by atoms with E-state index in [1.54, 1.807) is 0 Å². The summed E-state index contributed by atoms with van der Waals surface area (Å²) in [5.74, 6) is 0.169. The average Bonchev–Trinajstić information content (AvgIpc) is 2.66. The Kier molecular flexibility index (Phi) is 5.24. The topological polar surface area (TPSA) is 38.0 Å². The van der Waals surface area contributed by atoms with Crippen LogP contribution in [0.1, 0.15) is 17.0 Å². The molecule has 0 aliphatic carbocycles. The van der Waals surface area contributed by atoms with Gasteiger partial charge in [0.1, 0.15) is 0 Å². The number of rotatable bonds is 5. The van der Waals surface area contributed by atoms with Crippen LogP contribution in [0.2, 0.25) is 5.02 Å². The number of benzene rings is 1. The predicted octanol–water partition coefficient (Wildman–Crippen LogP) is 3.54. The maximum absolute atomic E-state index is 9.62. The minimum absolute atomic E-state index is 0.152. The minimum atomic E-state index is 0.152. The summed E-state index contributed by atoms with van der Waals surface area (Å²) in [6, 6.07) is 7.79. The van der Waals surface area contributed by atoms with Gasteiger partial charge in [0, 0.05) is 18.7 Å². The van der Waals surface area contributed by atoms with E-state index in [0.717, 1.165) is 33.7 Å². The molecular formula is C15H18BrClN2O. The van der Waals surface area contributed by atoms with Crippen molar-refractivity contribution in [1.29, 1.82) is 0 Å². The fourth-order valence-corrected chi connectivity index (χ4v) is 2.95. The van der Waals surface area contributed by atoms with Crippen molar-refractivity contribution >= 4 is 27.5 Å². The second kappa shape index (κ2) is 6.74. The Morgan fingerprint density at radius 3 is 2.45 bits per heavy atom. The van der Waals surface area contributed by atoms with E-state index in [2.05, 4.69) is 21.0 Å². The van der Waals surface area contributed by atoms with Gasteiger partial charge in [-0.25, -0.2) is 0 Å². The number of aromatic nitrogens is 2. The van der Waals surface area contributed by atoms with E-state index in [-0.39, 0.29) is 12.5 Å². The molecule has 1 unspecified atom stereocenters. The van der Waals surface area contributed by atoms with E-state index >= 15 is 0 Å². The van der Waals surface area contributed by atoms with Crippen molar-refractivity contribution in [3.05, 3.63) is 50.7 Å². The van der Waals surface area contributed by atoms with Gasteiger partial charge in [0.2, 0.25) is 0 Å². The molecule has 0 spiro atoms. The number of nitrogens with zero attached hydrogens (tertiary/aromatic N) is 2. The summed E-state index contributed by atoms with van der Waals surface area (Å²) in [4.78, 5) is 0. The largest absolute Gasteiger partial charge is 0.396 e. The Morgan fingerprint density at radius 1 is 1.30 bits per heavy atom. The van der Waals surface area contributed by atoms with Crippen LogP contribution in [0.4, 0.5) is 0 Å². The third-order valence-electron chi connectivity index (χ3n) is 3.44. The number of hydrogen-bond acceptors (Lipinski definition) is 2. The molecule has 5 heteroatoms. The molecule has 1 atom stereocenters. The van der Waals surface area contributed by atoms with Crippen LogP contribution in [0.3, 0.4) is 0 Å². The zero-order valence-corrected chi connectivity index (χ0v) is 13.9. The van der Waals surface area contributed by atoms with E-state index in [4.69, 9.17) is 11.6 Å². The highest BCUT2D eigenvalue weighted by atomic mass is 79.9. The van der Waals surface area contributed by atoms with Crippen LogP contribution in [0, 0.1) is 12.8 Å². The zero-order valence-electron chi connectivity index (χ0n) is 11.6. The molecule has 0 radical (unpaired) electrons. The molecule has 108 valence electrons. The molecule has 0 saturated heterocycles. The van der Waals surface area contributed by atoms with E-state index in [1.165, 1.54) is 5.56 Å². The summed E-state index contributed by atoms with van der Waals surface area (Å²) in [6.07, 6.45) is 1.61. The molecular weight excluding hydrogens is 340 g/mol. The summed E-state index contributed by atoms with van der Waals surface area (Å²) >= 11 is 9.46. The summed E-state index contributed by atoms with van der Waals surface area (Å²) < 4.78 is 2.92. The summed E-state index contributed by atoms with van der Waals surface area (Å²) in [6.45, 7) is 2.13. The Morgan fingerprint density at radius 2 is 1.95 bits per heavy atom. The molecule has 0 aliphatic heterocycles. The Hall–Kier alpha value is -0.840. The van der Waals surface area contributed by atoms with Crippen molar-refractivity contribution in [2.45, 2.75) is 19.8 Å². The van der Waals surface area contributed by atoms with E-state index < -0.39 is 0 Å². The van der Waals surface area contributed by atoms with Gasteiger partial charge in [-0.05, 0) is 59.3 Å². The first kappa shape index (κ1) is 15.5. The Bertz CT molecular complexity index is 580. The number of aliphatic hydroxyl groups excluding tert-OH is 1. The standard InChI is InChI=1S/C15H18BrClN2O/c1-10-15(16)14(19(2)18-10)8-12(9-20)7-11-3-5-13(17)6-4-11/h3-6,12,20H,7-9H2,1-2H3. The highest BCUT2D eigenvalue weighted by molar-refractivity contribution is 9.10. The summed E-state index contributed by atoms with van der Waals surface area (Å²) in [5.41, 5.74) is 3.28. The van der Waals surface area contributed by atoms with Crippen LogP contribution in [0.5, 0.6) is 0 Å². The summed E-state index contributed by atoms with van der Waals surface area (Å²) in [5, 5.41) is 14.7. The van der Waals surface area contributed by atoms with Gasteiger partial charge in [-0.1, -0.05) is 23.7 Å². The molecule has 0 aliphatic rings. The van der Waals surface area contributed by atoms with Crippen molar-refractivity contribution in [3.8, 4) is 0 Å². The van der Waals surface area contributed by atoms with Gasteiger partial charge in [-0.15, -0.1) is 0 Å². The van der Waals surface area contributed by atoms with E-state index in [9.17, 15) is 5.11 Å². The number of halogens is 2. The van der Waals surface area contributed by atoms with Gasteiger partial charge in [0.05, 0.1) is 15.9 Å². The van der Waals surface area contributed by atoms with Gasteiger partial charge >= 0.3 is 0 Å². The Balaban J connectivity index is 2.11. The monoisotopic (exact) mass is 356 g/mol. The Labute approximate surface area is 132 Å². The molecule has 2 rings (SSSR count). The normalized spacial score (nSPS) is 12.7. The molecule has 1 heterocycles. The predicted molar refractivity (Wildman–Crippen MR) is 85.1 cm³/mol. The van der Waals surface area contributed by atoms with Crippen LogP contribution in [-0.2, 0) is 19.9 Å². The molecule has 3 nitrogen and oxygen atoms in total. The lowest BCUT2D eigenvalue weighted by Gasteiger charge is -2.15. The molecule has 1 N–H and O–H groups in total. The first-order valence-electron chi connectivity index (χ1n) is 6.54. The van der Waals surface area contributed by atoms with Gasteiger partial charge in [0.15, 0.2) is 0 Å². The molecule has 0 saturated carbocycles. The van der Waals surface area contributed by atoms with Gasteiger partial charge in [-0.3, -0.25) is 4.68 Å². The third kappa shape index (κ3) is 3.62. The van der Waals surface area contributed by atoms with Crippen LogP contribution in [0.15, 0.2) is 28.7 Å². The lowest BCUT2D eigenvalue weighted by atomic mass is 9.95. The van der Waals surface area contributed by atoms with Gasteiger partial charge in [0.25, 0.3) is 0 Å². The molecule has 2 aromatic rings. The summed E-state index contributed by atoms with van der Waals surface area (Å²) in [7, 11) is 1.93. The maximum atomic E-state index is 9.62. The van der Waals surface area contributed by atoms with Crippen molar-refractivity contribution in [2.24, 2.45) is 13.0 Å². The lowest BCUT2D eigenvalue weighted by molar-refractivity contribution is 0.223. The number of hydrogen-bond donors (Lipinski definition) is 1. The number of aryl methyl sites for hydroxylation is 2. The molecule has 0 fully saturated rings. The highest BCUT2D eigenvalue weighted by Gasteiger charge is 2.16. The molecule has 0 amide bonds. The van der Waals surface area contributed by atoms with Gasteiger partial charge < -0.3 is 5.11 Å². The second-order valence-electron chi connectivity index (χ2n) is 5.05. The smallest absolute Gasteiger partial charge is 0.0738 e. The van der Waals surface area contributed by atoms with Crippen LogP contribution >= 0.6 is 27.5 Å². The molecule has 1 aromatic heterocycles. The highest BCUT2D eigenvalue weighted by Crippen LogP contribution is 2.24. The van der Waals surface area contributed by atoms with E-state index in [0.29, 0.717) is 0 Å². The fraction of sp³-hybridized carbons (Fsp3) is 0.400. The van der Waals surface area contributed by atoms with Gasteiger partial charge in [-0.2, -0.15) is 5.10 Å². The molecule has 0 bridgehead atoms.